The number of carbonyl (C=O) groups excluding carboxylic acids is 3. The zero-order valence-corrected chi connectivity index (χ0v) is 13.8. The normalized spacial score (nSPS) is 15.6. The summed E-state index contributed by atoms with van der Waals surface area (Å²) in [6, 6.07) is 6.98. The van der Waals surface area contributed by atoms with Gasteiger partial charge in [-0.25, -0.2) is 0 Å². The summed E-state index contributed by atoms with van der Waals surface area (Å²) in [6.45, 7) is -0.151. The summed E-state index contributed by atoms with van der Waals surface area (Å²) in [5, 5.41) is 5.30. The summed E-state index contributed by atoms with van der Waals surface area (Å²) in [7, 11) is 1.26. The highest BCUT2D eigenvalue weighted by molar-refractivity contribution is 5.98. The minimum absolute atomic E-state index is 0.145. The van der Waals surface area contributed by atoms with Gasteiger partial charge in [-0.3, -0.25) is 14.4 Å². The molecule has 130 valence electrons. The van der Waals surface area contributed by atoms with Crippen molar-refractivity contribution in [3.8, 4) is 0 Å². The molecule has 0 aliphatic heterocycles. The first-order chi connectivity index (χ1) is 11.4. The van der Waals surface area contributed by atoms with Crippen molar-refractivity contribution < 1.29 is 19.1 Å². The third-order valence-electron chi connectivity index (χ3n) is 4.18. The SMILES string of the molecule is COC(=O)CNC(=O)Cc1ccc(NC(=O)C2(N)CCCC2)cc1. The van der Waals surface area contributed by atoms with E-state index in [0.717, 1.165) is 18.4 Å². The van der Waals surface area contributed by atoms with Crippen LogP contribution in [0.2, 0.25) is 0 Å². The molecule has 1 fully saturated rings. The summed E-state index contributed by atoms with van der Waals surface area (Å²) >= 11 is 0. The van der Waals surface area contributed by atoms with E-state index in [9.17, 15) is 14.4 Å². The van der Waals surface area contributed by atoms with Crippen LogP contribution in [-0.2, 0) is 25.5 Å². The van der Waals surface area contributed by atoms with E-state index < -0.39 is 11.5 Å². The summed E-state index contributed by atoms with van der Waals surface area (Å²) in [6.07, 6.45) is 3.51. The second-order valence-electron chi connectivity index (χ2n) is 6.04. The van der Waals surface area contributed by atoms with E-state index in [1.54, 1.807) is 24.3 Å². The number of nitrogens with one attached hydrogen (secondary N) is 2. The van der Waals surface area contributed by atoms with E-state index in [4.69, 9.17) is 5.73 Å². The van der Waals surface area contributed by atoms with Crippen LogP contribution >= 0.6 is 0 Å². The Labute approximate surface area is 140 Å². The molecule has 2 amide bonds. The highest BCUT2D eigenvalue weighted by atomic mass is 16.5. The summed E-state index contributed by atoms with van der Waals surface area (Å²) in [5.41, 5.74) is 6.77. The largest absolute Gasteiger partial charge is 0.468 e. The van der Waals surface area contributed by atoms with Crippen LogP contribution in [0.25, 0.3) is 0 Å². The maximum Gasteiger partial charge on any atom is 0.325 e. The number of anilines is 1. The van der Waals surface area contributed by atoms with Gasteiger partial charge in [0.25, 0.3) is 0 Å². The summed E-state index contributed by atoms with van der Waals surface area (Å²) in [4.78, 5) is 34.9. The minimum atomic E-state index is -0.771. The Morgan fingerprint density at radius 1 is 1.17 bits per heavy atom. The number of amides is 2. The average Bonchev–Trinajstić information content (AvgIpc) is 3.02. The molecule has 1 aromatic rings. The fraction of sp³-hybridized carbons (Fsp3) is 0.471. The fourth-order valence-corrected chi connectivity index (χ4v) is 2.69. The molecule has 1 saturated carbocycles. The Morgan fingerprint density at radius 3 is 2.38 bits per heavy atom. The topological polar surface area (TPSA) is 111 Å². The number of hydrogen-bond donors (Lipinski definition) is 3. The van der Waals surface area contributed by atoms with Gasteiger partial charge >= 0.3 is 5.97 Å². The molecule has 1 aliphatic rings. The van der Waals surface area contributed by atoms with Crippen molar-refractivity contribution in [3.05, 3.63) is 29.8 Å². The molecule has 4 N–H and O–H groups in total. The van der Waals surface area contributed by atoms with Crippen LogP contribution in [0.1, 0.15) is 31.2 Å². The van der Waals surface area contributed by atoms with Crippen molar-refractivity contribution in [2.45, 2.75) is 37.6 Å². The number of benzene rings is 1. The van der Waals surface area contributed by atoms with Gasteiger partial charge < -0.3 is 21.1 Å². The van der Waals surface area contributed by atoms with Crippen LogP contribution in [0.15, 0.2) is 24.3 Å². The van der Waals surface area contributed by atoms with Gasteiger partial charge in [-0.1, -0.05) is 25.0 Å². The lowest BCUT2D eigenvalue weighted by Gasteiger charge is -2.22. The zero-order chi connectivity index (χ0) is 17.6. The second-order valence-corrected chi connectivity index (χ2v) is 6.04. The Bertz CT molecular complexity index is 607. The van der Waals surface area contributed by atoms with E-state index in [1.807, 2.05) is 0 Å². The van der Waals surface area contributed by atoms with E-state index in [1.165, 1.54) is 7.11 Å². The van der Waals surface area contributed by atoms with Gasteiger partial charge in [0.2, 0.25) is 11.8 Å². The third kappa shape index (κ3) is 4.79. The maximum absolute atomic E-state index is 12.2. The quantitative estimate of drug-likeness (QED) is 0.665. The van der Waals surface area contributed by atoms with Crippen LogP contribution in [0.4, 0.5) is 5.69 Å². The molecule has 0 heterocycles. The molecule has 0 atom stereocenters. The Kier molecular flexibility index (Phi) is 5.92. The lowest BCUT2D eigenvalue weighted by atomic mass is 9.98. The number of ether oxygens (including phenoxy) is 1. The number of carbonyl (C=O) groups is 3. The number of methoxy groups -OCH3 is 1. The fourth-order valence-electron chi connectivity index (χ4n) is 2.69. The first-order valence-corrected chi connectivity index (χ1v) is 7.96. The minimum Gasteiger partial charge on any atom is -0.468 e. The van der Waals surface area contributed by atoms with Gasteiger partial charge in [0.15, 0.2) is 0 Å². The molecule has 0 bridgehead atoms. The van der Waals surface area contributed by atoms with Crippen molar-refractivity contribution in [2.75, 3.05) is 19.0 Å². The first-order valence-electron chi connectivity index (χ1n) is 7.96. The zero-order valence-electron chi connectivity index (χ0n) is 13.8. The van der Waals surface area contributed by atoms with E-state index >= 15 is 0 Å². The lowest BCUT2D eigenvalue weighted by Crippen LogP contribution is -2.48. The Balaban J connectivity index is 1.85. The predicted octanol–water partition coefficient (Wildman–Crippen LogP) is 0.728. The van der Waals surface area contributed by atoms with Crippen LogP contribution in [0, 0.1) is 0 Å². The first kappa shape index (κ1) is 17.9. The van der Waals surface area contributed by atoms with E-state index in [2.05, 4.69) is 15.4 Å². The van der Waals surface area contributed by atoms with Gasteiger partial charge in [0.05, 0.1) is 19.1 Å². The van der Waals surface area contributed by atoms with Crippen LogP contribution in [-0.4, -0.2) is 37.0 Å². The van der Waals surface area contributed by atoms with Crippen molar-refractivity contribution >= 4 is 23.5 Å². The molecule has 2 rings (SSSR count). The van der Waals surface area contributed by atoms with E-state index in [0.29, 0.717) is 18.5 Å². The van der Waals surface area contributed by atoms with Gasteiger partial charge in [-0.15, -0.1) is 0 Å². The van der Waals surface area contributed by atoms with Crippen molar-refractivity contribution in [1.82, 2.24) is 5.32 Å². The molecule has 1 aliphatic carbocycles. The number of esters is 1. The maximum atomic E-state index is 12.2. The lowest BCUT2D eigenvalue weighted by molar-refractivity contribution is -0.141. The summed E-state index contributed by atoms with van der Waals surface area (Å²) < 4.78 is 4.45. The Hall–Kier alpha value is -2.41. The van der Waals surface area contributed by atoms with Gasteiger partial charge in [0, 0.05) is 5.69 Å². The highest BCUT2D eigenvalue weighted by Crippen LogP contribution is 2.28. The molecule has 24 heavy (non-hydrogen) atoms. The number of hydrogen-bond acceptors (Lipinski definition) is 5. The molecular formula is C17H23N3O4. The van der Waals surface area contributed by atoms with Gasteiger partial charge in [-0.2, -0.15) is 0 Å². The summed E-state index contributed by atoms with van der Waals surface area (Å²) in [5.74, 6) is -0.934. The molecule has 0 unspecified atom stereocenters. The van der Waals surface area contributed by atoms with Crippen LogP contribution in [0.5, 0.6) is 0 Å². The molecule has 0 aromatic heterocycles. The number of rotatable bonds is 6. The monoisotopic (exact) mass is 333 g/mol. The standard InChI is InChI=1S/C17H23N3O4/c1-24-15(22)11-19-14(21)10-12-4-6-13(7-5-12)20-16(23)17(18)8-2-3-9-17/h4-7H,2-3,8-11,18H2,1H3,(H,19,21)(H,20,23). The van der Waals surface area contributed by atoms with Crippen molar-refractivity contribution in [3.63, 3.8) is 0 Å². The Morgan fingerprint density at radius 2 is 1.79 bits per heavy atom. The van der Waals surface area contributed by atoms with Crippen LogP contribution < -0.4 is 16.4 Å². The molecular weight excluding hydrogens is 310 g/mol. The highest BCUT2D eigenvalue weighted by Gasteiger charge is 2.36. The molecule has 0 spiro atoms. The molecule has 7 nitrogen and oxygen atoms in total. The molecule has 1 aromatic carbocycles. The number of nitrogens with two attached hydrogens (primary N) is 1. The molecule has 0 saturated heterocycles. The molecule has 7 heteroatoms. The smallest absolute Gasteiger partial charge is 0.325 e. The van der Waals surface area contributed by atoms with Gasteiger partial charge in [-0.05, 0) is 30.5 Å². The van der Waals surface area contributed by atoms with Crippen molar-refractivity contribution in [2.24, 2.45) is 5.73 Å². The predicted molar refractivity (Wildman–Crippen MR) is 89.2 cm³/mol. The van der Waals surface area contributed by atoms with Gasteiger partial charge in [0.1, 0.15) is 6.54 Å². The third-order valence-corrected chi connectivity index (χ3v) is 4.18. The second kappa shape index (κ2) is 7.92. The molecule has 0 radical (unpaired) electrons. The van der Waals surface area contributed by atoms with E-state index in [-0.39, 0.29) is 24.8 Å². The van der Waals surface area contributed by atoms with Crippen LogP contribution in [0.3, 0.4) is 0 Å². The van der Waals surface area contributed by atoms with Crippen molar-refractivity contribution in [1.29, 1.82) is 0 Å². The average molecular weight is 333 g/mol.